The van der Waals surface area contributed by atoms with Gasteiger partial charge in [-0.25, -0.2) is 9.97 Å². The summed E-state index contributed by atoms with van der Waals surface area (Å²) >= 11 is 6.36. The number of anilines is 2. The standard InChI is InChI=1S/C49H59ClN8O10/c50-41-4-2-1-3-36(41)31-51-45-40-30-42(54-46(40)53-33-52-45)35-7-5-34(6-8-35)32-57-15-13-56(14-16-57)17-18-63-19-20-64-21-22-65-23-24-66-25-26-67-27-28-68-37-9-10-38-39(29-37)49(62)58(48(38)61)43-11-12-44(59)55-47(43)60/h1-10,29,33,42-43H,11-28,30-32H2,(H,55,59,60)(H2,51,52,53,54). The number of hydrogen-bond donors (Lipinski definition) is 3. The van der Waals surface area contributed by atoms with Gasteiger partial charge in [-0.1, -0.05) is 54.1 Å². The van der Waals surface area contributed by atoms with Gasteiger partial charge in [-0.2, -0.15) is 0 Å². The van der Waals surface area contributed by atoms with Crippen molar-refractivity contribution in [2.24, 2.45) is 0 Å². The predicted octanol–water partition coefficient (Wildman–Crippen LogP) is 4.13. The Morgan fingerprint density at radius 3 is 2.04 bits per heavy atom. The second-order valence-electron chi connectivity index (χ2n) is 16.8. The minimum Gasteiger partial charge on any atom is -0.491 e. The highest BCUT2D eigenvalue weighted by molar-refractivity contribution is 6.31. The molecule has 0 spiro atoms. The van der Waals surface area contributed by atoms with Gasteiger partial charge in [0.2, 0.25) is 11.8 Å². The minimum atomic E-state index is -1.01. The number of carbonyl (C=O) groups excluding carboxylic acids is 4. The number of nitrogens with zero attached hydrogens (tertiary/aromatic N) is 5. The SMILES string of the molecule is O=C1CCC(N2C(=O)c3ccc(OCCOCCOCCOCCOCCOCCN4CCN(Cc5ccc(C6Cc7c(NCc8ccccc8Cl)ncnc7N6)cc5)CC4)cc3C2=O)C(=O)N1. The van der Waals surface area contributed by atoms with Crippen LogP contribution in [0.1, 0.15) is 61.9 Å². The largest absolute Gasteiger partial charge is 0.491 e. The summed E-state index contributed by atoms with van der Waals surface area (Å²) in [5.74, 6) is -0.0976. The summed E-state index contributed by atoms with van der Waals surface area (Å²) < 4.78 is 33.9. The lowest BCUT2D eigenvalue weighted by Gasteiger charge is -2.34. The van der Waals surface area contributed by atoms with Gasteiger partial charge >= 0.3 is 0 Å². The van der Waals surface area contributed by atoms with Gasteiger partial charge < -0.3 is 39.1 Å². The van der Waals surface area contributed by atoms with Crippen molar-refractivity contribution in [1.29, 1.82) is 0 Å². The van der Waals surface area contributed by atoms with Crippen LogP contribution in [-0.2, 0) is 52.8 Å². The molecule has 18 nitrogen and oxygen atoms in total. The molecule has 1 aromatic heterocycles. The van der Waals surface area contributed by atoms with Gasteiger partial charge in [-0.15, -0.1) is 0 Å². The summed E-state index contributed by atoms with van der Waals surface area (Å²) in [5.41, 5.74) is 5.03. The first-order valence-corrected chi connectivity index (χ1v) is 23.7. The molecule has 0 radical (unpaired) electrons. The van der Waals surface area contributed by atoms with Crippen LogP contribution in [0.25, 0.3) is 0 Å². The molecule has 0 saturated carbocycles. The molecule has 5 heterocycles. The third-order valence-electron chi connectivity index (χ3n) is 12.3. The van der Waals surface area contributed by atoms with Gasteiger partial charge in [0.25, 0.3) is 11.8 Å². The van der Waals surface area contributed by atoms with Gasteiger partial charge in [0, 0.05) is 69.2 Å². The fourth-order valence-electron chi connectivity index (χ4n) is 8.54. The van der Waals surface area contributed by atoms with E-state index >= 15 is 0 Å². The van der Waals surface area contributed by atoms with Gasteiger partial charge in [0.15, 0.2) is 0 Å². The Morgan fingerprint density at radius 2 is 1.35 bits per heavy atom. The van der Waals surface area contributed by atoms with E-state index in [-0.39, 0.29) is 36.6 Å². The average molecular weight is 956 g/mol. The topological polar surface area (TPSA) is 195 Å². The molecule has 8 rings (SSSR count). The van der Waals surface area contributed by atoms with Crippen LogP contribution in [0, 0.1) is 0 Å². The molecule has 3 N–H and O–H groups in total. The van der Waals surface area contributed by atoms with Gasteiger partial charge in [0.1, 0.15) is 36.4 Å². The Morgan fingerprint density at radius 1 is 0.706 bits per heavy atom. The summed E-state index contributed by atoms with van der Waals surface area (Å²) in [6.45, 7) is 11.4. The molecule has 2 atom stereocenters. The van der Waals surface area contributed by atoms with Crippen LogP contribution in [0.15, 0.2) is 73.1 Å². The van der Waals surface area contributed by atoms with Crippen molar-refractivity contribution in [2.45, 2.75) is 44.4 Å². The van der Waals surface area contributed by atoms with Crippen LogP contribution in [0.4, 0.5) is 11.6 Å². The normalized spacial score (nSPS) is 18.4. The quantitative estimate of drug-likeness (QED) is 0.0600. The van der Waals surface area contributed by atoms with E-state index in [4.69, 9.17) is 40.0 Å². The van der Waals surface area contributed by atoms with E-state index in [9.17, 15) is 19.2 Å². The van der Waals surface area contributed by atoms with E-state index in [0.717, 1.165) is 78.4 Å². The number of benzene rings is 3. The number of halogens is 1. The molecule has 0 bridgehead atoms. The lowest BCUT2D eigenvalue weighted by Crippen LogP contribution is -2.54. The lowest BCUT2D eigenvalue weighted by molar-refractivity contribution is -0.136. The van der Waals surface area contributed by atoms with Crippen molar-refractivity contribution in [1.82, 2.24) is 30.0 Å². The van der Waals surface area contributed by atoms with Crippen LogP contribution in [0.2, 0.25) is 5.02 Å². The van der Waals surface area contributed by atoms with Crippen LogP contribution in [-0.4, -0.2) is 160 Å². The molecule has 68 heavy (non-hydrogen) atoms. The summed E-state index contributed by atoms with van der Waals surface area (Å²) in [7, 11) is 0. The van der Waals surface area contributed by atoms with Crippen LogP contribution >= 0.6 is 11.6 Å². The first-order chi connectivity index (χ1) is 33.3. The fraction of sp³-hybridized carbons (Fsp3) is 0.469. The molecule has 4 amide bonds. The Bertz CT molecular complexity index is 2350. The van der Waals surface area contributed by atoms with Gasteiger partial charge in [-0.05, 0) is 47.4 Å². The molecule has 2 fully saturated rings. The molecule has 4 aliphatic heterocycles. The number of ether oxygens (including phenoxy) is 6. The molecular weight excluding hydrogens is 896 g/mol. The fourth-order valence-corrected chi connectivity index (χ4v) is 8.75. The second kappa shape index (κ2) is 24.6. The lowest BCUT2D eigenvalue weighted by atomic mass is 10.0. The number of rotatable bonds is 26. The van der Waals surface area contributed by atoms with E-state index in [1.54, 1.807) is 12.4 Å². The molecule has 4 aromatic rings. The van der Waals surface area contributed by atoms with Crippen molar-refractivity contribution in [2.75, 3.05) is 116 Å². The molecule has 2 saturated heterocycles. The Hall–Kier alpha value is -5.57. The number of carbonyl (C=O) groups is 4. The molecule has 362 valence electrons. The van der Waals surface area contributed by atoms with Crippen molar-refractivity contribution in [3.8, 4) is 5.75 Å². The number of amides is 4. The predicted molar refractivity (Wildman–Crippen MR) is 252 cm³/mol. The molecule has 2 unspecified atom stereocenters. The maximum atomic E-state index is 13.0. The number of imide groups is 2. The van der Waals surface area contributed by atoms with Crippen LogP contribution < -0.4 is 20.7 Å². The number of piperidine rings is 1. The smallest absolute Gasteiger partial charge is 0.262 e. The summed E-state index contributed by atoms with van der Waals surface area (Å²) in [5, 5.41) is 9.97. The highest BCUT2D eigenvalue weighted by Gasteiger charge is 2.44. The number of aromatic nitrogens is 2. The number of hydrogen-bond acceptors (Lipinski definition) is 16. The third-order valence-corrected chi connectivity index (χ3v) is 12.6. The average Bonchev–Trinajstić information content (AvgIpc) is 3.90. The number of fused-ring (bicyclic) bond motifs is 2. The first kappa shape index (κ1) is 48.9. The Labute approximate surface area is 400 Å². The zero-order valence-corrected chi connectivity index (χ0v) is 38.9. The second-order valence-corrected chi connectivity index (χ2v) is 17.2. The molecular formula is C49H59ClN8O10. The summed E-state index contributed by atoms with van der Waals surface area (Å²) in [6.07, 6.45) is 2.57. The van der Waals surface area contributed by atoms with E-state index in [1.165, 1.54) is 23.3 Å². The zero-order chi connectivity index (χ0) is 47.1. The van der Waals surface area contributed by atoms with Gasteiger partial charge in [-0.3, -0.25) is 39.2 Å². The third kappa shape index (κ3) is 13.1. The summed E-state index contributed by atoms with van der Waals surface area (Å²) in [4.78, 5) is 64.5. The first-order valence-electron chi connectivity index (χ1n) is 23.3. The highest BCUT2D eigenvalue weighted by Crippen LogP contribution is 2.36. The van der Waals surface area contributed by atoms with E-state index in [2.05, 4.69) is 60.0 Å². The minimum absolute atomic E-state index is 0.0626. The monoisotopic (exact) mass is 954 g/mol. The number of nitrogens with one attached hydrogen (secondary N) is 3. The van der Waals surface area contributed by atoms with Crippen LogP contribution in [0.5, 0.6) is 5.75 Å². The van der Waals surface area contributed by atoms with E-state index < -0.39 is 29.7 Å². The van der Waals surface area contributed by atoms with Gasteiger partial charge in [0.05, 0.1) is 83.2 Å². The summed E-state index contributed by atoms with van der Waals surface area (Å²) in [6, 6.07) is 20.5. The maximum Gasteiger partial charge on any atom is 0.262 e. The van der Waals surface area contributed by atoms with E-state index in [0.29, 0.717) is 78.4 Å². The van der Waals surface area contributed by atoms with Crippen LogP contribution in [0.3, 0.4) is 0 Å². The number of piperazine rings is 1. The molecule has 0 aliphatic carbocycles. The molecule has 3 aromatic carbocycles. The Kier molecular flexibility index (Phi) is 17.7. The van der Waals surface area contributed by atoms with Crippen molar-refractivity contribution in [3.63, 3.8) is 0 Å². The zero-order valence-electron chi connectivity index (χ0n) is 38.1. The maximum absolute atomic E-state index is 13.0. The highest BCUT2D eigenvalue weighted by atomic mass is 35.5. The van der Waals surface area contributed by atoms with Crippen molar-refractivity contribution < 1.29 is 47.6 Å². The Balaban J connectivity index is 0.586. The van der Waals surface area contributed by atoms with E-state index in [1.807, 2.05) is 24.3 Å². The molecule has 19 heteroatoms. The van der Waals surface area contributed by atoms with Crippen molar-refractivity contribution in [3.05, 3.63) is 111 Å². The van der Waals surface area contributed by atoms with Crippen molar-refractivity contribution >= 4 is 46.9 Å². The molecule has 4 aliphatic rings.